The Morgan fingerprint density at radius 2 is 1.27 bits per heavy atom. The van der Waals surface area contributed by atoms with Crippen LogP contribution in [0.4, 0.5) is 27.9 Å². The number of hydrogen-bond donors (Lipinski definition) is 2. The molecule has 23 nitrogen and oxygen atoms in total. The van der Waals surface area contributed by atoms with Gasteiger partial charge in [0.1, 0.15) is 29.8 Å². The number of anilines is 1. The molecule has 1 aliphatic carbocycles. The summed E-state index contributed by atoms with van der Waals surface area (Å²) in [5, 5.41) is 16.3. The third-order valence-corrected chi connectivity index (χ3v) is 15.9. The highest BCUT2D eigenvalue weighted by Crippen LogP contribution is 2.44. The molecule has 3 unspecified atom stereocenters. The number of ether oxygens (including phenoxy) is 10. The van der Waals surface area contributed by atoms with E-state index in [9.17, 15) is 31.5 Å². The number of aromatic nitrogens is 5. The van der Waals surface area contributed by atoms with Crippen molar-refractivity contribution in [1.82, 2.24) is 34.9 Å². The molecule has 4 aliphatic rings. The van der Waals surface area contributed by atoms with Crippen molar-refractivity contribution in [2.75, 3.05) is 143 Å². The molecule has 1 saturated carbocycles. The molecule has 4 fully saturated rings. The molecule has 490 valence electrons. The molecule has 5 heterocycles. The molecule has 3 aliphatic heterocycles. The number of nitrogens with two attached hydrogens (primary N) is 1. The van der Waals surface area contributed by atoms with Gasteiger partial charge in [-0.1, -0.05) is 30.3 Å². The van der Waals surface area contributed by atoms with E-state index >= 15 is 0 Å². The van der Waals surface area contributed by atoms with E-state index in [1.54, 1.807) is 18.6 Å². The van der Waals surface area contributed by atoms with E-state index in [1.807, 2.05) is 37.3 Å². The van der Waals surface area contributed by atoms with E-state index in [1.165, 1.54) is 0 Å². The van der Waals surface area contributed by atoms with Crippen LogP contribution in [0.25, 0.3) is 0 Å². The first-order chi connectivity index (χ1) is 43.3. The highest BCUT2D eigenvalue weighted by molar-refractivity contribution is 6.31. The maximum absolute atomic E-state index is 13.9. The summed E-state index contributed by atoms with van der Waals surface area (Å²) < 4.78 is 125. The topological polar surface area (TPSA) is 252 Å². The highest BCUT2D eigenvalue weighted by Gasteiger charge is 2.44. The molecule has 0 spiro atoms. The Balaban J connectivity index is 0.590. The fourth-order valence-corrected chi connectivity index (χ4v) is 11.3. The van der Waals surface area contributed by atoms with Crippen LogP contribution in [0, 0.1) is 30.3 Å². The number of hydrogen-bond acceptors (Lipinski definition) is 21. The van der Waals surface area contributed by atoms with E-state index in [4.69, 9.17) is 53.6 Å². The van der Waals surface area contributed by atoms with Gasteiger partial charge in [0.25, 0.3) is 0 Å². The minimum absolute atomic E-state index is 0.0508. The van der Waals surface area contributed by atoms with Crippen molar-refractivity contribution >= 4 is 29.8 Å². The molecule has 3 atom stereocenters. The Kier molecular flexibility index (Phi) is 28.1. The Labute approximate surface area is 515 Å². The zero-order valence-corrected chi connectivity index (χ0v) is 50.5. The lowest BCUT2D eigenvalue weighted by atomic mass is 9.86. The highest BCUT2D eigenvalue weighted by atomic mass is 19.3. The van der Waals surface area contributed by atoms with Crippen molar-refractivity contribution in [3.8, 4) is 11.5 Å². The van der Waals surface area contributed by atoms with Gasteiger partial charge in [0.05, 0.1) is 143 Å². The predicted molar refractivity (Wildman–Crippen MR) is 316 cm³/mol. The fourth-order valence-electron chi connectivity index (χ4n) is 11.3. The van der Waals surface area contributed by atoms with Gasteiger partial charge in [-0.15, -0.1) is 10.2 Å². The summed E-state index contributed by atoms with van der Waals surface area (Å²) in [6, 6.07) is 11.8. The molecule has 28 heteroatoms. The Morgan fingerprint density at radius 1 is 0.730 bits per heavy atom. The van der Waals surface area contributed by atoms with Gasteiger partial charge in [0.15, 0.2) is 17.4 Å². The summed E-state index contributed by atoms with van der Waals surface area (Å²) in [5.74, 6) is -0.00263. The molecular formula is C61H84F5N11O12. The number of carbonyl (C=O) groups is 2. The number of hydrazone groups is 1. The van der Waals surface area contributed by atoms with E-state index < -0.39 is 35.1 Å². The number of nitrogens with one attached hydrogen (secondary N) is 1. The number of piperidine rings is 1. The number of aliphatic imine (C=N–C) groups is 1. The van der Waals surface area contributed by atoms with Crippen LogP contribution in [0.3, 0.4) is 0 Å². The molecule has 4 aromatic rings. The third kappa shape index (κ3) is 22.2. The zero-order chi connectivity index (χ0) is 62.6. The molecule has 0 radical (unpaired) electrons. The first-order valence-electron chi connectivity index (χ1n) is 30.7. The number of amides is 1. The average molecular weight is 1260 g/mol. The van der Waals surface area contributed by atoms with E-state index in [-0.39, 0.29) is 88.4 Å². The Hall–Kier alpha value is -6.37. The van der Waals surface area contributed by atoms with Crippen LogP contribution in [-0.2, 0) is 47.5 Å². The number of nitrogens with zero attached hydrogens (tertiary/aromatic N) is 9. The van der Waals surface area contributed by atoms with Crippen molar-refractivity contribution in [2.45, 2.75) is 107 Å². The van der Waals surface area contributed by atoms with Gasteiger partial charge in [0, 0.05) is 74.9 Å². The van der Waals surface area contributed by atoms with Crippen molar-refractivity contribution in [3.05, 3.63) is 89.5 Å². The Morgan fingerprint density at radius 3 is 1.82 bits per heavy atom. The number of alkyl halides is 2. The number of esters is 1. The standard InChI is InChI=1S/C61H84F5N11O12/c1-43-73-74-58(77(43)51-35-49-7-8-50(36-51)76(49)16-11-55(44-5-3-2-4-6-44)71-59(79)45-9-13-61(65,66)14-10-45)46-40-75(41-46)60-69-38-52(39-70-60)88-42-48(72-67)37-68-15-18-81-20-22-83-24-26-85-28-30-87-32-31-86-29-27-84-25-23-82-21-19-80-17-12-56(78)89-57-53(63)33-47(62)34-54(57)64/h2-6,33-34,37-39,45-46,49-51,55H,7-32,35-36,40-42,67H2,1H3,(H,71,79)/b68-37?,72-48+. The number of halogens is 5. The predicted octanol–water partition coefficient (Wildman–Crippen LogP) is 6.53. The second kappa shape index (κ2) is 36.5. The summed E-state index contributed by atoms with van der Waals surface area (Å²) in [4.78, 5) is 43.4. The summed E-state index contributed by atoms with van der Waals surface area (Å²) in [5.41, 5.74) is 1.47. The van der Waals surface area contributed by atoms with Gasteiger partial charge >= 0.3 is 5.97 Å². The molecular weight excluding hydrogens is 1170 g/mol. The maximum Gasteiger partial charge on any atom is 0.313 e. The lowest BCUT2D eigenvalue weighted by Gasteiger charge is -2.42. The van der Waals surface area contributed by atoms with Gasteiger partial charge in [-0.25, -0.2) is 31.9 Å². The lowest BCUT2D eigenvalue weighted by Crippen LogP contribution is -2.48. The van der Waals surface area contributed by atoms with Crippen molar-refractivity contribution < 1.29 is 78.9 Å². The maximum atomic E-state index is 13.9. The number of fused-ring (bicyclic) bond motifs is 2. The summed E-state index contributed by atoms with van der Waals surface area (Å²) in [6.07, 6.45) is 9.50. The average Bonchev–Trinajstić information content (AvgIpc) is 1.87. The van der Waals surface area contributed by atoms with Crippen LogP contribution < -0.4 is 25.5 Å². The number of rotatable bonds is 41. The summed E-state index contributed by atoms with van der Waals surface area (Å²) in [6.45, 7) is 10.3. The monoisotopic (exact) mass is 1260 g/mol. The molecule has 2 aromatic carbocycles. The van der Waals surface area contributed by atoms with Crippen LogP contribution in [0.5, 0.6) is 11.5 Å². The quantitative estimate of drug-likeness (QED) is 0.00911. The van der Waals surface area contributed by atoms with E-state index in [2.05, 4.69) is 49.6 Å². The second-order valence-corrected chi connectivity index (χ2v) is 22.2. The largest absolute Gasteiger partial charge is 0.484 e. The van der Waals surface area contributed by atoms with Crippen LogP contribution >= 0.6 is 0 Å². The summed E-state index contributed by atoms with van der Waals surface area (Å²) >= 11 is 0. The first-order valence-corrected chi connectivity index (χ1v) is 30.7. The molecule has 8 rings (SSSR count). The van der Waals surface area contributed by atoms with Crippen molar-refractivity contribution in [1.29, 1.82) is 0 Å². The molecule has 89 heavy (non-hydrogen) atoms. The second-order valence-electron chi connectivity index (χ2n) is 22.2. The lowest BCUT2D eigenvalue weighted by molar-refractivity contribution is -0.136. The van der Waals surface area contributed by atoms with Gasteiger partial charge in [-0.05, 0) is 57.4 Å². The van der Waals surface area contributed by atoms with Gasteiger partial charge in [0.2, 0.25) is 23.5 Å². The Bertz CT molecular complexity index is 2780. The number of aryl methyl sites for hydroxylation is 1. The van der Waals surface area contributed by atoms with Crippen molar-refractivity contribution in [3.63, 3.8) is 0 Å². The minimum atomic E-state index is -2.68. The minimum Gasteiger partial charge on any atom is -0.484 e. The molecule has 1 amide bonds. The van der Waals surface area contributed by atoms with Gasteiger partial charge in [-0.3, -0.25) is 19.5 Å². The molecule has 2 aromatic heterocycles. The fraction of sp³-hybridized carbons (Fsp3) is 0.639. The first kappa shape index (κ1) is 68.5. The number of benzene rings is 2. The van der Waals surface area contributed by atoms with Gasteiger partial charge < -0.3 is 68.0 Å². The van der Waals surface area contributed by atoms with Crippen LogP contribution in [0.1, 0.15) is 99.4 Å². The van der Waals surface area contributed by atoms with Crippen molar-refractivity contribution in [2.24, 2.45) is 21.9 Å². The molecule has 3 saturated heterocycles. The molecule has 3 N–H and O–H groups in total. The normalized spacial score (nSPS) is 19.2. The zero-order valence-electron chi connectivity index (χ0n) is 50.5. The van der Waals surface area contributed by atoms with Gasteiger partial charge in [-0.2, -0.15) is 5.10 Å². The van der Waals surface area contributed by atoms with Crippen LogP contribution in [0.15, 0.2) is 65.0 Å². The number of carbonyl (C=O) groups excluding carboxylic acids is 2. The van der Waals surface area contributed by atoms with Crippen LogP contribution in [-0.4, -0.2) is 210 Å². The van der Waals surface area contributed by atoms with E-state index in [0.29, 0.717) is 147 Å². The summed E-state index contributed by atoms with van der Waals surface area (Å²) in [7, 11) is 0. The van der Waals surface area contributed by atoms with Crippen LogP contribution in [0.2, 0.25) is 0 Å². The third-order valence-electron chi connectivity index (χ3n) is 15.9. The molecule has 2 bridgehead atoms. The SMILES string of the molecule is Cc1nnc(C2CN(c3ncc(OC/C(C=NCCOCCOCCOCCOCCOCCOCCOCCOCCC(=O)Oc4c(F)cc(F)cc4F)=N/N)cn3)C2)n1C1CC2CCC(C1)N2CCC(NC(=O)C1CCC(F)(F)CC1)c1ccccc1. The van der Waals surface area contributed by atoms with E-state index in [0.717, 1.165) is 55.9 Å². The smallest absolute Gasteiger partial charge is 0.313 e.